The molecule has 0 aromatic carbocycles. The first-order chi connectivity index (χ1) is 9.39. The zero-order chi connectivity index (χ0) is 14.9. The standard InChI is InChI=1S/C15H21NO3S/c1-4-16(15(2,3)14(18)19)13(17)11-9-20-12-8-6-5-7-10(11)12/h9H,4-8H2,1-3H3,(H,18,19). The van der Waals surface area contributed by atoms with Crippen molar-refractivity contribution in [1.82, 2.24) is 4.90 Å². The molecular formula is C15H21NO3S. The molecule has 4 nitrogen and oxygen atoms in total. The van der Waals surface area contributed by atoms with Crippen LogP contribution in [0.1, 0.15) is 54.4 Å². The molecule has 0 saturated heterocycles. The van der Waals surface area contributed by atoms with Gasteiger partial charge < -0.3 is 10.0 Å². The summed E-state index contributed by atoms with van der Waals surface area (Å²) in [5.74, 6) is -1.13. The number of carboxylic acid groups (broad SMARTS) is 1. The highest BCUT2D eigenvalue weighted by atomic mass is 32.1. The highest BCUT2D eigenvalue weighted by Crippen LogP contribution is 2.32. The third kappa shape index (κ3) is 2.46. The molecule has 1 amide bonds. The summed E-state index contributed by atoms with van der Waals surface area (Å²) in [6.07, 6.45) is 4.27. The van der Waals surface area contributed by atoms with Gasteiger partial charge in [0.25, 0.3) is 5.91 Å². The van der Waals surface area contributed by atoms with Crippen LogP contribution >= 0.6 is 11.3 Å². The number of carbonyl (C=O) groups excluding carboxylic acids is 1. The Kier molecular flexibility index (Phi) is 4.18. The number of rotatable bonds is 4. The largest absolute Gasteiger partial charge is 0.480 e. The number of thiophene rings is 1. The fourth-order valence-electron chi connectivity index (χ4n) is 2.73. The van der Waals surface area contributed by atoms with Crippen molar-refractivity contribution in [2.75, 3.05) is 6.54 Å². The SMILES string of the molecule is CCN(C(=O)c1csc2c1CCCC2)C(C)(C)C(=O)O. The van der Waals surface area contributed by atoms with E-state index in [0.29, 0.717) is 12.1 Å². The Morgan fingerprint density at radius 3 is 2.60 bits per heavy atom. The maximum atomic E-state index is 12.7. The molecule has 1 aliphatic carbocycles. The molecule has 5 heteroatoms. The molecule has 0 spiro atoms. The van der Waals surface area contributed by atoms with E-state index in [-0.39, 0.29) is 5.91 Å². The van der Waals surface area contributed by atoms with Crippen molar-refractivity contribution in [3.05, 3.63) is 21.4 Å². The van der Waals surface area contributed by atoms with Gasteiger partial charge >= 0.3 is 5.97 Å². The van der Waals surface area contributed by atoms with Gasteiger partial charge in [-0.1, -0.05) is 0 Å². The van der Waals surface area contributed by atoms with Gasteiger partial charge in [0.1, 0.15) is 5.54 Å². The lowest BCUT2D eigenvalue weighted by Crippen LogP contribution is -2.53. The highest BCUT2D eigenvalue weighted by molar-refractivity contribution is 7.10. The molecule has 1 heterocycles. The smallest absolute Gasteiger partial charge is 0.329 e. The van der Waals surface area contributed by atoms with Crippen molar-refractivity contribution in [3.8, 4) is 0 Å². The molecule has 0 aliphatic heterocycles. The topological polar surface area (TPSA) is 57.6 Å². The second-order valence-corrected chi connectivity index (χ2v) is 6.64. The third-order valence-electron chi connectivity index (χ3n) is 4.05. The average molecular weight is 295 g/mol. The molecule has 0 unspecified atom stereocenters. The number of nitrogens with zero attached hydrogens (tertiary/aromatic N) is 1. The first-order valence-electron chi connectivity index (χ1n) is 7.04. The minimum Gasteiger partial charge on any atom is -0.480 e. The lowest BCUT2D eigenvalue weighted by Gasteiger charge is -2.34. The minimum absolute atomic E-state index is 0.153. The van der Waals surface area contributed by atoms with Crippen LogP contribution in [0, 0.1) is 0 Å². The molecule has 1 aromatic rings. The molecule has 110 valence electrons. The van der Waals surface area contributed by atoms with Crippen LogP contribution < -0.4 is 0 Å². The molecule has 0 atom stereocenters. The van der Waals surface area contributed by atoms with Crippen molar-refractivity contribution in [2.24, 2.45) is 0 Å². The third-order valence-corrected chi connectivity index (χ3v) is 5.14. The summed E-state index contributed by atoms with van der Waals surface area (Å²) in [6, 6.07) is 0. The molecule has 1 aromatic heterocycles. The number of aryl methyl sites for hydroxylation is 1. The predicted octanol–water partition coefficient (Wildman–Crippen LogP) is 2.95. The molecule has 0 bridgehead atoms. The molecule has 1 N–H and O–H groups in total. The first kappa shape index (κ1) is 15.0. The number of fused-ring (bicyclic) bond motifs is 1. The summed E-state index contributed by atoms with van der Waals surface area (Å²) in [6.45, 7) is 5.37. The van der Waals surface area contributed by atoms with E-state index < -0.39 is 11.5 Å². The van der Waals surface area contributed by atoms with Gasteiger partial charge in [-0.3, -0.25) is 4.79 Å². The summed E-state index contributed by atoms with van der Waals surface area (Å²) in [5.41, 5.74) is 0.668. The summed E-state index contributed by atoms with van der Waals surface area (Å²) in [5, 5.41) is 11.2. The Labute approximate surface area is 123 Å². The van der Waals surface area contributed by atoms with Crippen molar-refractivity contribution in [1.29, 1.82) is 0 Å². The first-order valence-corrected chi connectivity index (χ1v) is 7.92. The van der Waals surface area contributed by atoms with Crippen LogP contribution in [0.25, 0.3) is 0 Å². The summed E-state index contributed by atoms with van der Waals surface area (Å²) < 4.78 is 0. The zero-order valence-electron chi connectivity index (χ0n) is 12.2. The maximum Gasteiger partial charge on any atom is 0.329 e. The predicted molar refractivity (Wildman–Crippen MR) is 79.4 cm³/mol. The van der Waals surface area contributed by atoms with E-state index in [1.807, 2.05) is 12.3 Å². The van der Waals surface area contributed by atoms with Gasteiger partial charge in [0, 0.05) is 16.8 Å². The Morgan fingerprint density at radius 2 is 2.00 bits per heavy atom. The van der Waals surface area contributed by atoms with Crippen LogP contribution in [-0.2, 0) is 17.6 Å². The zero-order valence-corrected chi connectivity index (χ0v) is 13.0. The van der Waals surface area contributed by atoms with Crippen molar-refractivity contribution in [2.45, 2.75) is 52.0 Å². The molecule has 2 rings (SSSR count). The van der Waals surface area contributed by atoms with Crippen molar-refractivity contribution >= 4 is 23.2 Å². The van der Waals surface area contributed by atoms with E-state index in [4.69, 9.17) is 0 Å². The van der Waals surface area contributed by atoms with E-state index >= 15 is 0 Å². The monoisotopic (exact) mass is 295 g/mol. The van der Waals surface area contributed by atoms with Crippen molar-refractivity contribution < 1.29 is 14.7 Å². The van der Waals surface area contributed by atoms with Gasteiger partial charge in [-0.25, -0.2) is 4.79 Å². The van der Waals surface area contributed by atoms with Crippen LogP contribution in [0.5, 0.6) is 0 Å². The fraction of sp³-hybridized carbons (Fsp3) is 0.600. The quantitative estimate of drug-likeness (QED) is 0.929. The van der Waals surface area contributed by atoms with Crippen LogP contribution in [0.4, 0.5) is 0 Å². The molecule has 1 aliphatic rings. The fourth-order valence-corrected chi connectivity index (χ4v) is 3.85. The maximum absolute atomic E-state index is 12.7. The molecule has 0 saturated carbocycles. The van der Waals surface area contributed by atoms with Gasteiger partial charge in [0.2, 0.25) is 0 Å². The number of amides is 1. The normalized spacial score (nSPS) is 14.8. The Balaban J connectivity index is 2.34. The number of hydrogen-bond acceptors (Lipinski definition) is 3. The second-order valence-electron chi connectivity index (χ2n) is 5.67. The highest BCUT2D eigenvalue weighted by Gasteiger charge is 2.38. The Bertz CT molecular complexity index is 533. The van der Waals surface area contributed by atoms with Gasteiger partial charge in [-0.15, -0.1) is 11.3 Å². The number of aliphatic carboxylic acids is 1. The van der Waals surface area contributed by atoms with Crippen LogP contribution in [0.3, 0.4) is 0 Å². The van der Waals surface area contributed by atoms with E-state index in [1.165, 1.54) is 16.2 Å². The van der Waals surface area contributed by atoms with E-state index in [1.54, 1.807) is 25.2 Å². The molecule has 0 radical (unpaired) electrons. The van der Waals surface area contributed by atoms with E-state index in [2.05, 4.69) is 0 Å². The van der Waals surface area contributed by atoms with Crippen LogP contribution in [0.15, 0.2) is 5.38 Å². The number of hydrogen-bond donors (Lipinski definition) is 1. The van der Waals surface area contributed by atoms with Gasteiger partial charge in [0.05, 0.1) is 5.56 Å². The number of carbonyl (C=O) groups is 2. The lowest BCUT2D eigenvalue weighted by molar-refractivity contribution is -0.147. The Hall–Kier alpha value is -1.36. The van der Waals surface area contributed by atoms with E-state index in [0.717, 1.165) is 24.8 Å². The summed E-state index contributed by atoms with van der Waals surface area (Å²) >= 11 is 1.63. The van der Waals surface area contributed by atoms with Gasteiger partial charge in [-0.2, -0.15) is 0 Å². The number of carboxylic acids is 1. The molecule has 20 heavy (non-hydrogen) atoms. The lowest BCUT2D eigenvalue weighted by atomic mass is 9.94. The average Bonchev–Trinajstić information content (AvgIpc) is 2.82. The van der Waals surface area contributed by atoms with Crippen LogP contribution in [0.2, 0.25) is 0 Å². The van der Waals surface area contributed by atoms with Crippen molar-refractivity contribution in [3.63, 3.8) is 0 Å². The molecular weight excluding hydrogens is 274 g/mol. The van der Waals surface area contributed by atoms with Gasteiger partial charge in [-0.05, 0) is 52.0 Å². The summed E-state index contributed by atoms with van der Waals surface area (Å²) in [4.78, 5) is 26.9. The molecule has 0 fully saturated rings. The minimum atomic E-state index is -1.19. The second kappa shape index (κ2) is 5.56. The van der Waals surface area contributed by atoms with Gasteiger partial charge in [0.15, 0.2) is 0 Å². The summed E-state index contributed by atoms with van der Waals surface area (Å²) in [7, 11) is 0. The Morgan fingerprint density at radius 1 is 1.35 bits per heavy atom. The van der Waals surface area contributed by atoms with E-state index in [9.17, 15) is 14.7 Å². The number of likely N-dealkylation sites (N-methyl/N-ethyl adjacent to an activating group) is 1. The van der Waals surface area contributed by atoms with Crippen LogP contribution in [-0.4, -0.2) is 34.0 Å².